The number of nitrogens with zero attached hydrogens (tertiary/aromatic N) is 1. The monoisotopic (exact) mass is 260 g/mol. The summed E-state index contributed by atoms with van der Waals surface area (Å²) in [4.78, 5) is 4.44. The lowest BCUT2D eigenvalue weighted by Crippen LogP contribution is -2.24. The predicted molar refractivity (Wildman–Crippen MR) is 78.0 cm³/mol. The normalized spacial score (nSPS) is 12.6. The number of aryl methyl sites for hydroxylation is 1. The summed E-state index contributed by atoms with van der Waals surface area (Å²) in [6.45, 7) is 5.35. The summed E-state index contributed by atoms with van der Waals surface area (Å²) in [5.74, 6) is 0. The van der Waals surface area contributed by atoms with Crippen LogP contribution in [0.1, 0.15) is 36.2 Å². The number of benzene rings is 1. The molecule has 0 saturated carbocycles. The fourth-order valence-electron chi connectivity index (χ4n) is 1.95. The van der Waals surface area contributed by atoms with E-state index in [9.17, 15) is 0 Å². The molecule has 96 valence electrons. The third-order valence-electron chi connectivity index (χ3n) is 3.01. The molecular formula is C15H20N2S. The highest BCUT2D eigenvalue weighted by Gasteiger charge is 2.13. The zero-order valence-electron chi connectivity index (χ0n) is 11.0. The van der Waals surface area contributed by atoms with Gasteiger partial charge in [-0.05, 0) is 31.9 Å². The molecular weight excluding hydrogens is 240 g/mol. The molecule has 18 heavy (non-hydrogen) atoms. The highest BCUT2D eigenvalue weighted by molar-refractivity contribution is 7.07. The van der Waals surface area contributed by atoms with Gasteiger partial charge in [0.05, 0.1) is 17.2 Å². The van der Waals surface area contributed by atoms with Gasteiger partial charge in [-0.3, -0.25) is 0 Å². The van der Waals surface area contributed by atoms with Crippen LogP contribution >= 0.6 is 11.3 Å². The molecule has 1 atom stereocenters. The van der Waals surface area contributed by atoms with Crippen molar-refractivity contribution in [2.45, 2.75) is 32.7 Å². The van der Waals surface area contributed by atoms with Crippen molar-refractivity contribution in [3.05, 3.63) is 52.0 Å². The highest BCUT2D eigenvalue weighted by Crippen LogP contribution is 2.18. The van der Waals surface area contributed by atoms with Crippen molar-refractivity contribution in [1.82, 2.24) is 10.3 Å². The van der Waals surface area contributed by atoms with Crippen LogP contribution in [-0.2, 0) is 6.42 Å². The van der Waals surface area contributed by atoms with Gasteiger partial charge in [0.1, 0.15) is 0 Å². The maximum Gasteiger partial charge on any atom is 0.0795 e. The van der Waals surface area contributed by atoms with E-state index in [0.717, 1.165) is 25.1 Å². The molecule has 0 bridgehead atoms. The first-order chi connectivity index (χ1) is 8.79. The molecule has 1 heterocycles. The van der Waals surface area contributed by atoms with Gasteiger partial charge in [-0.2, -0.15) is 0 Å². The van der Waals surface area contributed by atoms with Crippen LogP contribution in [0.2, 0.25) is 0 Å². The van der Waals surface area contributed by atoms with Crippen molar-refractivity contribution in [2.75, 3.05) is 6.54 Å². The lowest BCUT2D eigenvalue weighted by molar-refractivity contribution is 0.520. The van der Waals surface area contributed by atoms with Gasteiger partial charge in [0, 0.05) is 5.38 Å². The van der Waals surface area contributed by atoms with E-state index in [2.05, 4.69) is 53.8 Å². The van der Waals surface area contributed by atoms with E-state index in [4.69, 9.17) is 0 Å². The summed E-state index contributed by atoms with van der Waals surface area (Å²) in [5.41, 5.74) is 5.74. The molecule has 0 saturated heterocycles. The third-order valence-corrected chi connectivity index (χ3v) is 3.61. The Morgan fingerprint density at radius 2 is 2.06 bits per heavy atom. The van der Waals surface area contributed by atoms with Crippen LogP contribution in [0.4, 0.5) is 0 Å². The fraction of sp³-hybridized carbons (Fsp3) is 0.400. The number of nitrogens with one attached hydrogen (secondary N) is 1. The van der Waals surface area contributed by atoms with Gasteiger partial charge in [0.2, 0.25) is 0 Å². The van der Waals surface area contributed by atoms with Crippen molar-refractivity contribution < 1.29 is 0 Å². The zero-order valence-corrected chi connectivity index (χ0v) is 11.8. The fourth-order valence-corrected chi connectivity index (χ4v) is 2.56. The van der Waals surface area contributed by atoms with E-state index in [1.54, 1.807) is 11.3 Å². The number of hydrogen-bond donors (Lipinski definition) is 1. The number of aromatic nitrogens is 1. The van der Waals surface area contributed by atoms with Gasteiger partial charge in [-0.1, -0.05) is 36.8 Å². The van der Waals surface area contributed by atoms with Crippen molar-refractivity contribution >= 4 is 11.3 Å². The molecule has 2 rings (SSSR count). The summed E-state index contributed by atoms with van der Waals surface area (Å²) in [5, 5.41) is 5.72. The summed E-state index contributed by atoms with van der Waals surface area (Å²) < 4.78 is 0. The molecule has 2 aromatic rings. The largest absolute Gasteiger partial charge is 0.308 e. The van der Waals surface area contributed by atoms with Crippen LogP contribution in [0.5, 0.6) is 0 Å². The van der Waals surface area contributed by atoms with E-state index in [-0.39, 0.29) is 0 Å². The molecule has 0 aliphatic carbocycles. The van der Waals surface area contributed by atoms with Gasteiger partial charge < -0.3 is 5.32 Å². The van der Waals surface area contributed by atoms with Crippen LogP contribution in [0, 0.1) is 6.92 Å². The Labute approximate surface area is 113 Å². The lowest BCUT2D eigenvalue weighted by atomic mass is 10.0. The van der Waals surface area contributed by atoms with Gasteiger partial charge in [-0.25, -0.2) is 4.98 Å². The van der Waals surface area contributed by atoms with Gasteiger partial charge >= 0.3 is 0 Å². The molecule has 1 unspecified atom stereocenters. The molecule has 0 radical (unpaired) electrons. The molecule has 0 spiro atoms. The highest BCUT2D eigenvalue weighted by atomic mass is 32.1. The molecule has 1 N–H and O–H groups in total. The molecule has 3 heteroatoms. The number of hydrogen-bond acceptors (Lipinski definition) is 3. The Morgan fingerprint density at radius 1 is 1.28 bits per heavy atom. The summed E-state index contributed by atoms with van der Waals surface area (Å²) >= 11 is 1.66. The minimum atomic E-state index is 0.332. The molecule has 0 amide bonds. The maximum absolute atomic E-state index is 4.44. The topological polar surface area (TPSA) is 24.9 Å². The second-order valence-electron chi connectivity index (χ2n) is 4.61. The van der Waals surface area contributed by atoms with E-state index in [1.165, 1.54) is 11.1 Å². The molecule has 1 aromatic heterocycles. The van der Waals surface area contributed by atoms with Gasteiger partial charge in [-0.15, -0.1) is 11.3 Å². The van der Waals surface area contributed by atoms with Crippen LogP contribution < -0.4 is 5.32 Å². The minimum absolute atomic E-state index is 0.332. The minimum Gasteiger partial charge on any atom is -0.308 e. The van der Waals surface area contributed by atoms with Gasteiger partial charge in [0.25, 0.3) is 0 Å². The second kappa shape index (κ2) is 6.66. The van der Waals surface area contributed by atoms with Crippen LogP contribution in [0.3, 0.4) is 0 Å². The van der Waals surface area contributed by atoms with Crippen molar-refractivity contribution in [1.29, 1.82) is 0 Å². The van der Waals surface area contributed by atoms with Gasteiger partial charge in [0.15, 0.2) is 0 Å². The number of rotatable bonds is 6. The van der Waals surface area contributed by atoms with Crippen molar-refractivity contribution in [3.8, 4) is 0 Å². The predicted octanol–water partition coefficient (Wildman–Crippen LogP) is 3.73. The Hall–Kier alpha value is -1.19. The summed E-state index contributed by atoms with van der Waals surface area (Å²) in [6.07, 6.45) is 2.15. The Bertz CT molecular complexity index is 448. The van der Waals surface area contributed by atoms with E-state index in [0.29, 0.717) is 6.04 Å². The molecule has 0 fully saturated rings. The average molecular weight is 260 g/mol. The smallest absolute Gasteiger partial charge is 0.0795 e. The lowest BCUT2D eigenvalue weighted by Gasteiger charge is -2.16. The van der Waals surface area contributed by atoms with Crippen molar-refractivity contribution in [2.24, 2.45) is 0 Å². The van der Waals surface area contributed by atoms with Crippen LogP contribution in [0.15, 0.2) is 35.2 Å². The quantitative estimate of drug-likeness (QED) is 0.856. The maximum atomic E-state index is 4.44. The van der Waals surface area contributed by atoms with Crippen LogP contribution in [0.25, 0.3) is 0 Å². The first kappa shape index (κ1) is 13.2. The Kier molecular flexibility index (Phi) is 4.90. The second-order valence-corrected chi connectivity index (χ2v) is 5.33. The zero-order chi connectivity index (χ0) is 12.8. The van der Waals surface area contributed by atoms with E-state index in [1.807, 2.05) is 5.51 Å². The average Bonchev–Trinajstić information content (AvgIpc) is 2.90. The van der Waals surface area contributed by atoms with E-state index >= 15 is 0 Å². The van der Waals surface area contributed by atoms with E-state index < -0.39 is 0 Å². The summed E-state index contributed by atoms with van der Waals surface area (Å²) in [7, 11) is 0. The Morgan fingerprint density at radius 3 is 2.67 bits per heavy atom. The first-order valence-electron chi connectivity index (χ1n) is 6.46. The molecule has 0 aliphatic heterocycles. The first-order valence-corrected chi connectivity index (χ1v) is 7.41. The third kappa shape index (κ3) is 3.65. The number of thiazole rings is 1. The molecule has 2 nitrogen and oxygen atoms in total. The van der Waals surface area contributed by atoms with Crippen molar-refractivity contribution in [3.63, 3.8) is 0 Å². The molecule has 0 aliphatic rings. The van der Waals surface area contributed by atoms with Crippen LogP contribution in [-0.4, -0.2) is 11.5 Å². The standard InChI is InChI=1S/C15H20N2S/c1-3-8-16-14(15-10-18-11-17-15)9-13-6-4-12(2)5-7-13/h4-7,10-11,14,16H,3,8-9H2,1-2H3. The SMILES string of the molecule is CCCNC(Cc1ccc(C)cc1)c1cscn1. The molecule has 1 aromatic carbocycles. The Balaban J connectivity index is 2.07. The summed E-state index contributed by atoms with van der Waals surface area (Å²) in [6, 6.07) is 9.10.